The highest BCUT2D eigenvalue weighted by Gasteiger charge is 2.56. The Kier molecular flexibility index (Phi) is 5.60. The number of carbonyl (C=O) groups excluding carboxylic acids is 3. The average molecular weight is 437 g/mol. The molecule has 2 fully saturated rings. The molecule has 3 atom stereocenters. The second kappa shape index (κ2) is 7.62. The van der Waals surface area contributed by atoms with Gasteiger partial charge in [0.25, 0.3) is 5.91 Å². The Morgan fingerprint density at radius 2 is 2.07 bits per heavy atom. The molecule has 2 amide bonds. The minimum Gasteiger partial charge on any atom is -0.443 e. The van der Waals surface area contributed by atoms with E-state index in [-0.39, 0.29) is 18.6 Å². The first-order valence-electron chi connectivity index (χ1n) is 9.21. The molecule has 1 N–H and O–H groups in total. The molecule has 1 aromatic carbocycles. The Bertz CT molecular complexity index is 718. The number of rotatable bonds is 5. The highest BCUT2D eigenvalue weighted by Crippen LogP contribution is 2.54. The topological polar surface area (TPSA) is 75.7 Å². The van der Waals surface area contributed by atoms with Crippen molar-refractivity contribution in [3.63, 3.8) is 0 Å². The lowest BCUT2D eigenvalue weighted by atomic mass is 9.80. The van der Waals surface area contributed by atoms with E-state index in [0.717, 1.165) is 31.1 Å². The third-order valence-electron chi connectivity index (χ3n) is 5.61. The highest BCUT2D eigenvalue weighted by atomic mass is 79.9. The van der Waals surface area contributed by atoms with E-state index in [4.69, 9.17) is 4.74 Å². The third kappa shape index (κ3) is 4.18. The number of fused-ring (bicyclic) bond motifs is 2. The monoisotopic (exact) mass is 436 g/mol. The van der Waals surface area contributed by atoms with Gasteiger partial charge in [-0.15, -0.1) is 0 Å². The maximum Gasteiger partial charge on any atom is 0.426 e. The number of nitrogens with zero attached hydrogens (tertiary/aromatic N) is 1. The molecule has 2 aliphatic rings. The van der Waals surface area contributed by atoms with Crippen LogP contribution in [0.25, 0.3) is 0 Å². The maximum atomic E-state index is 13.0. The van der Waals surface area contributed by atoms with E-state index in [2.05, 4.69) is 21.4 Å². The molecule has 0 heterocycles. The van der Waals surface area contributed by atoms with Crippen molar-refractivity contribution < 1.29 is 19.1 Å². The van der Waals surface area contributed by atoms with E-state index in [1.165, 1.54) is 5.01 Å². The molecule has 0 spiro atoms. The summed E-state index contributed by atoms with van der Waals surface area (Å²) in [7, 11) is 0. The molecular formula is C20H25BrN2O4. The summed E-state index contributed by atoms with van der Waals surface area (Å²) < 4.78 is 4.41. The number of hydrogen-bond donors (Lipinski definition) is 1. The lowest BCUT2D eigenvalue weighted by Crippen LogP contribution is -2.60. The normalized spacial score (nSPS) is 26.5. The molecule has 0 aromatic heterocycles. The van der Waals surface area contributed by atoms with Gasteiger partial charge in [-0.05, 0) is 51.0 Å². The van der Waals surface area contributed by atoms with Crippen LogP contribution in [0.15, 0.2) is 30.3 Å². The summed E-state index contributed by atoms with van der Waals surface area (Å²) in [5, 5.41) is 1.33. The Labute approximate surface area is 167 Å². The fraction of sp³-hybridized carbons (Fsp3) is 0.550. The van der Waals surface area contributed by atoms with Gasteiger partial charge in [-0.3, -0.25) is 4.79 Å². The zero-order valence-corrected chi connectivity index (χ0v) is 17.2. The molecule has 7 heteroatoms. The largest absolute Gasteiger partial charge is 0.443 e. The summed E-state index contributed by atoms with van der Waals surface area (Å²) in [4.78, 5) is 37.2. The number of amides is 2. The quantitative estimate of drug-likeness (QED) is 0.434. The lowest BCUT2D eigenvalue weighted by Gasteiger charge is -2.40. The van der Waals surface area contributed by atoms with Crippen LogP contribution in [0, 0.1) is 11.3 Å². The van der Waals surface area contributed by atoms with Crippen LogP contribution in [0.5, 0.6) is 0 Å². The summed E-state index contributed by atoms with van der Waals surface area (Å²) in [5.41, 5.74) is 2.89. The number of halogens is 1. The number of nitrogens with one attached hydrogen (secondary N) is 1. The minimum atomic E-state index is -0.869. The summed E-state index contributed by atoms with van der Waals surface area (Å²) in [6.45, 7) is 3.55. The fourth-order valence-electron chi connectivity index (χ4n) is 4.23. The van der Waals surface area contributed by atoms with Gasteiger partial charge in [0, 0.05) is 5.41 Å². The van der Waals surface area contributed by atoms with E-state index >= 15 is 0 Å². The molecule has 1 aromatic rings. The first-order valence-corrected chi connectivity index (χ1v) is 10.0. The Morgan fingerprint density at radius 3 is 2.67 bits per heavy atom. The van der Waals surface area contributed by atoms with Crippen molar-refractivity contribution in [2.75, 3.05) is 0 Å². The van der Waals surface area contributed by atoms with Crippen LogP contribution in [0.3, 0.4) is 0 Å². The number of hydrazine groups is 1. The number of aldehydes is 1. The predicted octanol–water partition coefficient (Wildman–Crippen LogP) is 3.59. The van der Waals surface area contributed by atoms with Gasteiger partial charge in [0.2, 0.25) is 0 Å². The third-order valence-corrected chi connectivity index (χ3v) is 5.94. The summed E-state index contributed by atoms with van der Waals surface area (Å²) >= 11 is 3.38. The van der Waals surface area contributed by atoms with Crippen molar-refractivity contribution in [3.8, 4) is 0 Å². The van der Waals surface area contributed by atoms with Crippen LogP contribution in [0.1, 0.15) is 45.1 Å². The van der Waals surface area contributed by atoms with Crippen LogP contribution < -0.4 is 5.43 Å². The van der Waals surface area contributed by atoms with E-state index in [9.17, 15) is 14.4 Å². The van der Waals surface area contributed by atoms with Gasteiger partial charge >= 0.3 is 6.09 Å². The van der Waals surface area contributed by atoms with E-state index in [0.29, 0.717) is 12.3 Å². The number of carbonyl (C=O) groups is 3. The van der Waals surface area contributed by atoms with Gasteiger partial charge < -0.3 is 9.53 Å². The van der Waals surface area contributed by atoms with Crippen LogP contribution in [-0.4, -0.2) is 33.7 Å². The lowest BCUT2D eigenvalue weighted by molar-refractivity contribution is -0.143. The van der Waals surface area contributed by atoms with E-state index in [1.807, 2.05) is 30.3 Å². The molecule has 2 bridgehead atoms. The first-order chi connectivity index (χ1) is 12.7. The number of hydrogen-bond acceptors (Lipinski definition) is 4. The van der Waals surface area contributed by atoms with Crippen molar-refractivity contribution in [2.45, 2.75) is 56.5 Å². The Hall–Kier alpha value is -1.89. The van der Waals surface area contributed by atoms with Crippen molar-refractivity contribution in [1.82, 2.24) is 10.4 Å². The van der Waals surface area contributed by atoms with Gasteiger partial charge in [0.05, 0.1) is 6.04 Å². The van der Waals surface area contributed by atoms with Crippen molar-refractivity contribution in [3.05, 3.63) is 35.9 Å². The molecule has 2 aliphatic carbocycles. The van der Waals surface area contributed by atoms with Crippen LogP contribution in [0.2, 0.25) is 0 Å². The van der Waals surface area contributed by atoms with Crippen LogP contribution >= 0.6 is 15.9 Å². The Balaban J connectivity index is 1.74. The maximum absolute atomic E-state index is 13.0. The molecule has 6 nitrogen and oxygen atoms in total. The highest BCUT2D eigenvalue weighted by molar-refractivity contribution is 9.10. The first kappa shape index (κ1) is 19.9. The Morgan fingerprint density at radius 1 is 1.37 bits per heavy atom. The molecule has 27 heavy (non-hydrogen) atoms. The SMILES string of the molecule is CC(C)(Br)C(=O)N(NC(=O)OCc1ccccc1)C1CC2CCC1(C=O)C2. The minimum absolute atomic E-state index is 0.110. The summed E-state index contributed by atoms with van der Waals surface area (Å²) in [5.74, 6) is 0.119. The van der Waals surface area contributed by atoms with E-state index < -0.39 is 15.8 Å². The van der Waals surface area contributed by atoms with Gasteiger partial charge in [-0.25, -0.2) is 15.2 Å². The second-order valence-electron chi connectivity index (χ2n) is 8.03. The standard InChI is InChI=1S/C20H25BrN2O4/c1-19(2,21)17(25)23(16-10-15-8-9-20(16,11-15)13-24)22-18(26)27-12-14-6-4-3-5-7-14/h3-7,13,15-16H,8-12H2,1-2H3,(H,22,26). The summed E-state index contributed by atoms with van der Waals surface area (Å²) in [6, 6.07) is 8.98. The molecule has 146 valence electrons. The fourth-order valence-corrected chi connectivity index (χ4v) is 4.42. The molecule has 0 radical (unpaired) electrons. The van der Waals surface area contributed by atoms with Gasteiger partial charge in [-0.1, -0.05) is 46.3 Å². The molecular weight excluding hydrogens is 412 g/mol. The van der Waals surface area contributed by atoms with Gasteiger partial charge in [0.1, 0.15) is 17.2 Å². The van der Waals surface area contributed by atoms with Gasteiger partial charge in [-0.2, -0.15) is 0 Å². The number of benzene rings is 1. The van der Waals surface area contributed by atoms with Crippen molar-refractivity contribution in [1.29, 1.82) is 0 Å². The molecule has 2 saturated carbocycles. The number of ether oxygens (including phenoxy) is 1. The number of alkyl halides is 1. The molecule has 0 aliphatic heterocycles. The molecule has 0 saturated heterocycles. The average Bonchev–Trinajstić information content (AvgIpc) is 3.23. The van der Waals surface area contributed by atoms with Gasteiger partial charge in [0.15, 0.2) is 0 Å². The zero-order valence-electron chi connectivity index (χ0n) is 15.6. The molecule has 3 unspecified atom stereocenters. The molecule has 3 rings (SSSR count). The summed E-state index contributed by atoms with van der Waals surface area (Å²) in [6.07, 6.45) is 3.50. The van der Waals surface area contributed by atoms with Crippen LogP contribution in [0.4, 0.5) is 4.79 Å². The zero-order chi connectivity index (χ0) is 19.7. The predicted molar refractivity (Wildman–Crippen MR) is 104 cm³/mol. The smallest absolute Gasteiger partial charge is 0.426 e. The second-order valence-corrected chi connectivity index (χ2v) is 10.0. The van der Waals surface area contributed by atoms with Crippen molar-refractivity contribution in [2.24, 2.45) is 11.3 Å². The van der Waals surface area contributed by atoms with Crippen LogP contribution in [-0.2, 0) is 20.9 Å². The van der Waals surface area contributed by atoms with E-state index in [1.54, 1.807) is 13.8 Å². The van der Waals surface area contributed by atoms with Crippen molar-refractivity contribution >= 4 is 34.2 Å².